The van der Waals surface area contributed by atoms with Crippen LogP contribution in [0.25, 0.3) is 0 Å². The quantitative estimate of drug-likeness (QED) is 0.253. The van der Waals surface area contributed by atoms with E-state index in [9.17, 15) is 9.90 Å². The standard InChI is InChI=1S/C15H14N4O3S/c20-13-7-1-10(2-8-13)9-16-18-15(23)17-12-5-3-11(4-6-12)14(21)19-22/h1-9,20,22H,(H,19,21)(H2,17,18,23)/b16-9+. The molecule has 2 rings (SSSR count). The molecule has 2 aromatic rings. The first kappa shape index (κ1) is 16.4. The van der Waals surface area contributed by atoms with E-state index in [1.54, 1.807) is 48.1 Å². The number of benzene rings is 2. The largest absolute Gasteiger partial charge is 0.508 e. The number of carbonyl (C=O) groups is 1. The third-order valence-electron chi connectivity index (χ3n) is 2.78. The summed E-state index contributed by atoms with van der Waals surface area (Å²) in [5.41, 5.74) is 6.00. The average molecular weight is 330 g/mol. The number of nitrogens with one attached hydrogen (secondary N) is 3. The summed E-state index contributed by atoms with van der Waals surface area (Å²) in [5.74, 6) is -0.402. The van der Waals surface area contributed by atoms with Gasteiger partial charge in [0.15, 0.2) is 5.11 Å². The van der Waals surface area contributed by atoms with Crippen LogP contribution >= 0.6 is 12.2 Å². The first-order chi connectivity index (χ1) is 11.1. The SMILES string of the molecule is O=C(NO)c1ccc(NC(=S)N/N=C/c2ccc(O)cc2)cc1. The van der Waals surface area contributed by atoms with Crippen LogP contribution < -0.4 is 16.2 Å². The number of phenolic OH excluding ortho intramolecular Hbond substituents is 1. The first-order valence-corrected chi connectivity index (χ1v) is 6.93. The van der Waals surface area contributed by atoms with E-state index in [1.165, 1.54) is 12.1 Å². The molecule has 0 spiro atoms. The fraction of sp³-hybridized carbons (Fsp3) is 0. The number of carbonyl (C=O) groups excluding carboxylic acids is 1. The summed E-state index contributed by atoms with van der Waals surface area (Å²) >= 11 is 5.08. The van der Waals surface area contributed by atoms with Gasteiger partial charge in [-0.3, -0.25) is 15.4 Å². The first-order valence-electron chi connectivity index (χ1n) is 6.52. The normalized spacial score (nSPS) is 10.3. The Balaban J connectivity index is 1.87. The summed E-state index contributed by atoms with van der Waals surface area (Å²) in [7, 11) is 0. The van der Waals surface area contributed by atoms with E-state index in [2.05, 4.69) is 15.8 Å². The van der Waals surface area contributed by atoms with Crippen LogP contribution in [0.3, 0.4) is 0 Å². The number of phenols is 1. The maximum Gasteiger partial charge on any atom is 0.274 e. The Morgan fingerprint density at radius 2 is 1.74 bits per heavy atom. The van der Waals surface area contributed by atoms with Crippen LogP contribution in [0, 0.1) is 0 Å². The molecule has 23 heavy (non-hydrogen) atoms. The van der Waals surface area contributed by atoms with Crippen LogP contribution in [-0.4, -0.2) is 27.5 Å². The van der Waals surface area contributed by atoms with Crippen molar-refractivity contribution in [2.45, 2.75) is 0 Å². The number of hydroxylamine groups is 1. The Morgan fingerprint density at radius 3 is 2.35 bits per heavy atom. The molecule has 7 nitrogen and oxygen atoms in total. The second kappa shape index (κ2) is 7.87. The lowest BCUT2D eigenvalue weighted by Gasteiger charge is -2.07. The fourth-order valence-corrected chi connectivity index (χ4v) is 1.82. The van der Waals surface area contributed by atoms with E-state index in [4.69, 9.17) is 17.4 Å². The Labute approximate surface area is 137 Å². The number of anilines is 1. The van der Waals surface area contributed by atoms with Gasteiger partial charge in [0, 0.05) is 11.3 Å². The van der Waals surface area contributed by atoms with Crippen molar-refractivity contribution >= 4 is 35.1 Å². The van der Waals surface area contributed by atoms with Gasteiger partial charge >= 0.3 is 0 Å². The van der Waals surface area contributed by atoms with Crippen LogP contribution in [0.2, 0.25) is 0 Å². The van der Waals surface area contributed by atoms with Gasteiger partial charge in [-0.2, -0.15) is 5.10 Å². The lowest BCUT2D eigenvalue weighted by molar-refractivity contribution is 0.0706. The summed E-state index contributed by atoms with van der Waals surface area (Å²) in [6, 6.07) is 12.9. The molecule has 2 aromatic carbocycles. The highest BCUT2D eigenvalue weighted by molar-refractivity contribution is 7.80. The van der Waals surface area contributed by atoms with E-state index in [0.29, 0.717) is 11.3 Å². The molecule has 0 aliphatic heterocycles. The number of rotatable bonds is 4. The van der Waals surface area contributed by atoms with E-state index >= 15 is 0 Å². The minimum absolute atomic E-state index is 0.186. The van der Waals surface area contributed by atoms with Gasteiger partial charge in [0.25, 0.3) is 5.91 Å². The van der Waals surface area contributed by atoms with E-state index < -0.39 is 5.91 Å². The predicted molar refractivity (Wildman–Crippen MR) is 90.8 cm³/mol. The van der Waals surface area contributed by atoms with Crippen molar-refractivity contribution < 1.29 is 15.1 Å². The lowest BCUT2D eigenvalue weighted by Crippen LogP contribution is -2.24. The van der Waals surface area contributed by atoms with Crippen molar-refractivity contribution in [1.29, 1.82) is 0 Å². The predicted octanol–water partition coefficient (Wildman–Crippen LogP) is 1.83. The molecule has 8 heteroatoms. The average Bonchev–Trinajstić information content (AvgIpc) is 2.56. The summed E-state index contributed by atoms with van der Waals surface area (Å²) < 4.78 is 0. The van der Waals surface area contributed by atoms with Crippen LogP contribution in [0.1, 0.15) is 15.9 Å². The molecule has 0 heterocycles. The topological polar surface area (TPSA) is 106 Å². The monoisotopic (exact) mass is 330 g/mol. The van der Waals surface area contributed by atoms with Crippen LogP contribution in [0.4, 0.5) is 5.69 Å². The molecule has 118 valence electrons. The summed E-state index contributed by atoms with van der Waals surface area (Å²) in [5, 5.41) is 24.8. The molecule has 0 saturated carbocycles. The molecule has 0 saturated heterocycles. The maximum absolute atomic E-state index is 11.2. The number of hydrazone groups is 1. The van der Waals surface area contributed by atoms with E-state index in [0.717, 1.165) is 5.56 Å². The van der Waals surface area contributed by atoms with Crippen molar-refractivity contribution in [3.8, 4) is 5.75 Å². The maximum atomic E-state index is 11.2. The highest BCUT2D eigenvalue weighted by Gasteiger charge is 2.03. The number of hydrogen-bond acceptors (Lipinski definition) is 5. The Morgan fingerprint density at radius 1 is 1.09 bits per heavy atom. The zero-order valence-electron chi connectivity index (χ0n) is 11.9. The van der Waals surface area contributed by atoms with Gasteiger partial charge < -0.3 is 10.4 Å². The smallest absolute Gasteiger partial charge is 0.274 e. The van der Waals surface area contributed by atoms with Gasteiger partial charge in [0.1, 0.15) is 5.75 Å². The summed E-state index contributed by atoms with van der Waals surface area (Å²) in [6.07, 6.45) is 1.56. The molecule has 0 aliphatic rings. The highest BCUT2D eigenvalue weighted by atomic mass is 32.1. The Bertz CT molecular complexity index is 715. The molecule has 0 unspecified atom stereocenters. The van der Waals surface area contributed by atoms with Crippen LogP contribution in [0.5, 0.6) is 5.75 Å². The molecule has 0 fully saturated rings. The van der Waals surface area contributed by atoms with Crippen molar-refractivity contribution in [3.63, 3.8) is 0 Å². The van der Waals surface area contributed by atoms with Crippen molar-refractivity contribution in [1.82, 2.24) is 10.9 Å². The number of thiocarbonyl (C=S) groups is 1. The second-order valence-corrected chi connectivity index (χ2v) is 4.84. The third kappa shape index (κ3) is 5.06. The Hall–Kier alpha value is -2.97. The number of aromatic hydroxyl groups is 1. The zero-order chi connectivity index (χ0) is 16.7. The van der Waals surface area contributed by atoms with Gasteiger partial charge in [-0.1, -0.05) is 0 Å². The third-order valence-corrected chi connectivity index (χ3v) is 2.97. The number of nitrogens with zero attached hydrogens (tertiary/aromatic N) is 1. The lowest BCUT2D eigenvalue weighted by atomic mass is 10.2. The molecule has 0 radical (unpaired) electrons. The van der Waals surface area contributed by atoms with Gasteiger partial charge in [-0.15, -0.1) is 0 Å². The zero-order valence-corrected chi connectivity index (χ0v) is 12.7. The van der Waals surface area contributed by atoms with Gasteiger partial charge in [-0.05, 0) is 66.3 Å². The van der Waals surface area contributed by atoms with Crippen LogP contribution in [-0.2, 0) is 0 Å². The molecule has 1 amide bonds. The summed E-state index contributed by atoms with van der Waals surface area (Å²) in [4.78, 5) is 11.2. The minimum Gasteiger partial charge on any atom is -0.508 e. The molecule has 0 aromatic heterocycles. The molecule has 5 N–H and O–H groups in total. The van der Waals surface area contributed by atoms with Gasteiger partial charge in [-0.25, -0.2) is 5.48 Å². The van der Waals surface area contributed by atoms with Gasteiger partial charge in [0.05, 0.1) is 6.21 Å². The highest BCUT2D eigenvalue weighted by Crippen LogP contribution is 2.09. The van der Waals surface area contributed by atoms with Crippen molar-refractivity contribution in [2.24, 2.45) is 5.10 Å². The van der Waals surface area contributed by atoms with Crippen LogP contribution in [0.15, 0.2) is 53.6 Å². The van der Waals surface area contributed by atoms with Crippen molar-refractivity contribution in [2.75, 3.05) is 5.32 Å². The Kier molecular flexibility index (Phi) is 5.61. The molecular formula is C15H14N4O3S. The fourth-order valence-electron chi connectivity index (χ4n) is 1.65. The molecule has 0 atom stereocenters. The molecular weight excluding hydrogens is 316 g/mol. The van der Waals surface area contributed by atoms with E-state index in [1.807, 2.05) is 0 Å². The second-order valence-electron chi connectivity index (χ2n) is 4.43. The number of hydrogen-bond donors (Lipinski definition) is 5. The molecule has 0 aliphatic carbocycles. The summed E-state index contributed by atoms with van der Waals surface area (Å²) in [6.45, 7) is 0. The number of amides is 1. The van der Waals surface area contributed by atoms with E-state index in [-0.39, 0.29) is 10.9 Å². The molecule has 0 bridgehead atoms. The van der Waals surface area contributed by atoms with Gasteiger partial charge in [0.2, 0.25) is 0 Å². The minimum atomic E-state index is -0.587. The van der Waals surface area contributed by atoms with Crippen molar-refractivity contribution in [3.05, 3.63) is 59.7 Å².